The van der Waals surface area contributed by atoms with E-state index in [4.69, 9.17) is 4.74 Å². The molecule has 1 atom stereocenters. The van der Waals surface area contributed by atoms with Gasteiger partial charge in [0.2, 0.25) is 11.8 Å². The summed E-state index contributed by atoms with van der Waals surface area (Å²) in [6.07, 6.45) is 2.57. The average Bonchev–Trinajstić information content (AvgIpc) is 3.13. The summed E-state index contributed by atoms with van der Waals surface area (Å²) in [5.74, 6) is 1.21. The fraction of sp³-hybridized carbons (Fsp3) is 0.391. The van der Waals surface area contributed by atoms with Crippen LogP contribution in [0.15, 0.2) is 48.5 Å². The molecule has 146 valence electrons. The van der Waals surface area contributed by atoms with E-state index < -0.39 is 0 Å². The lowest BCUT2D eigenvalue weighted by atomic mass is 9.97. The van der Waals surface area contributed by atoms with Crippen molar-refractivity contribution in [1.29, 1.82) is 0 Å². The van der Waals surface area contributed by atoms with E-state index in [2.05, 4.69) is 18.2 Å². The number of aryl methyl sites for hydroxylation is 1. The zero-order chi connectivity index (χ0) is 19.5. The van der Waals surface area contributed by atoms with Gasteiger partial charge >= 0.3 is 0 Å². The maximum absolute atomic E-state index is 12.8. The van der Waals surface area contributed by atoms with Gasteiger partial charge in [0.25, 0.3) is 0 Å². The molecule has 1 aliphatic carbocycles. The molecule has 2 amide bonds. The molecule has 0 aromatic heterocycles. The first-order valence-electron chi connectivity index (χ1n) is 9.90. The van der Waals surface area contributed by atoms with E-state index in [1.54, 1.807) is 12.0 Å². The quantitative estimate of drug-likeness (QED) is 0.804. The van der Waals surface area contributed by atoms with Gasteiger partial charge in [-0.3, -0.25) is 9.59 Å². The predicted octanol–water partition coefficient (Wildman–Crippen LogP) is 2.99. The molecule has 0 unspecified atom stereocenters. The van der Waals surface area contributed by atoms with Crippen molar-refractivity contribution in [3.63, 3.8) is 0 Å². The number of ether oxygens (including phenoxy) is 1. The normalized spacial score (nSPS) is 18.9. The van der Waals surface area contributed by atoms with Crippen LogP contribution in [0.3, 0.4) is 0 Å². The Morgan fingerprint density at radius 1 is 1.11 bits per heavy atom. The maximum Gasteiger partial charge on any atom is 0.242 e. The predicted molar refractivity (Wildman–Crippen MR) is 107 cm³/mol. The van der Waals surface area contributed by atoms with Gasteiger partial charge in [-0.25, -0.2) is 0 Å². The van der Waals surface area contributed by atoms with Gasteiger partial charge in [0.05, 0.1) is 13.7 Å². The van der Waals surface area contributed by atoms with Crippen LogP contribution in [0.1, 0.15) is 35.4 Å². The minimum Gasteiger partial charge on any atom is -0.497 e. The summed E-state index contributed by atoms with van der Waals surface area (Å²) in [6.45, 7) is 1.94. The van der Waals surface area contributed by atoms with Crippen molar-refractivity contribution >= 4 is 11.8 Å². The Morgan fingerprint density at radius 3 is 2.64 bits per heavy atom. The van der Waals surface area contributed by atoms with Gasteiger partial charge in [0.15, 0.2) is 0 Å². The Morgan fingerprint density at radius 2 is 1.89 bits per heavy atom. The second-order valence-electron chi connectivity index (χ2n) is 7.62. The molecule has 0 spiro atoms. The fourth-order valence-corrected chi connectivity index (χ4v) is 4.24. The first-order chi connectivity index (χ1) is 13.6. The lowest BCUT2D eigenvalue weighted by molar-refractivity contribution is -0.145. The SMILES string of the molecule is COc1ccc(CN2CCN(C(=O)C[C@@H]3CCc4ccccc43)CC2=O)cc1. The molecule has 1 saturated heterocycles. The van der Waals surface area contributed by atoms with E-state index in [0.29, 0.717) is 26.1 Å². The van der Waals surface area contributed by atoms with Crippen molar-refractivity contribution in [2.75, 3.05) is 26.7 Å². The first-order valence-corrected chi connectivity index (χ1v) is 9.90. The number of fused-ring (bicyclic) bond motifs is 1. The van der Waals surface area contributed by atoms with Crippen LogP contribution in [0.25, 0.3) is 0 Å². The summed E-state index contributed by atoms with van der Waals surface area (Å²) < 4.78 is 5.17. The second kappa shape index (κ2) is 8.05. The molecule has 1 heterocycles. The molecule has 2 aromatic carbocycles. The number of carbonyl (C=O) groups is 2. The molecule has 5 nitrogen and oxygen atoms in total. The van der Waals surface area contributed by atoms with Gasteiger partial charge in [-0.1, -0.05) is 36.4 Å². The summed E-state index contributed by atoms with van der Waals surface area (Å²) >= 11 is 0. The molecule has 1 fully saturated rings. The number of amides is 2. The van der Waals surface area contributed by atoms with E-state index in [9.17, 15) is 9.59 Å². The summed E-state index contributed by atoms with van der Waals surface area (Å²) in [5, 5.41) is 0. The van der Waals surface area contributed by atoms with Crippen LogP contribution in [0.5, 0.6) is 5.75 Å². The van der Waals surface area contributed by atoms with Gasteiger partial charge in [0.1, 0.15) is 5.75 Å². The zero-order valence-corrected chi connectivity index (χ0v) is 16.3. The Bertz CT molecular complexity index is 862. The highest BCUT2D eigenvalue weighted by atomic mass is 16.5. The summed E-state index contributed by atoms with van der Waals surface area (Å²) in [4.78, 5) is 28.9. The number of piperazine rings is 1. The second-order valence-corrected chi connectivity index (χ2v) is 7.62. The number of nitrogens with zero attached hydrogens (tertiary/aromatic N) is 2. The van der Waals surface area contributed by atoms with E-state index in [0.717, 1.165) is 24.2 Å². The Kier molecular flexibility index (Phi) is 5.33. The van der Waals surface area contributed by atoms with E-state index in [1.165, 1.54) is 11.1 Å². The molecule has 5 heteroatoms. The van der Waals surface area contributed by atoms with Crippen LogP contribution >= 0.6 is 0 Å². The monoisotopic (exact) mass is 378 g/mol. The summed E-state index contributed by atoms with van der Waals surface area (Å²) in [7, 11) is 1.64. The highest BCUT2D eigenvalue weighted by molar-refractivity contribution is 5.86. The number of hydrogen-bond donors (Lipinski definition) is 0. The van der Waals surface area contributed by atoms with Crippen LogP contribution in [0.4, 0.5) is 0 Å². The number of hydrogen-bond acceptors (Lipinski definition) is 3. The largest absolute Gasteiger partial charge is 0.497 e. The van der Waals surface area contributed by atoms with Crippen LogP contribution < -0.4 is 4.74 Å². The molecule has 0 N–H and O–H groups in total. The van der Waals surface area contributed by atoms with Crippen LogP contribution in [0.2, 0.25) is 0 Å². The minimum atomic E-state index is 0.0160. The smallest absolute Gasteiger partial charge is 0.242 e. The molecule has 28 heavy (non-hydrogen) atoms. The number of carbonyl (C=O) groups excluding carboxylic acids is 2. The van der Waals surface area contributed by atoms with Gasteiger partial charge in [-0.2, -0.15) is 0 Å². The standard InChI is InChI=1S/C23H26N2O3/c1-28-20-10-6-17(7-11-20)15-24-12-13-25(16-23(24)27)22(26)14-19-9-8-18-4-2-3-5-21(18)19/h2-7,10-11,19H,8-9,12-16H2,1H3/t19-/m0/s1. The fourth-order valence-electron chi connectivity index (χ4n) is 4.24. The first kappa shape index (κ1) is 18.5. The zero-order valence-electron chi connectivity index (χ0n) is 16.3. The number of rotatable bonds is 5. The molecule has 2 aliphatic rings. The minimum absolute atomic E-state index is 0.0160. The van der Waals surface area contributed by atoms with Gasteiger partial charge < -0.3 is 14.5 Å². The summed E-state index contributed by atoms with van der Waals surface area (Å²) in [5.41, 5.74) is 3.73. The Labute approximate surface area is 165 Å². The molecule has 1 aliphatic heterocycles. The molecule has 0 radical (unpaired) electrons. The molecule has 0 saturated carbocycles. The topological polar surface area (TPSA) is 49.9 Å². The average molecular weight is 378 g/mol. The van der Waals surface area contributed by atoms with Crippen molar-refractivity contribution in [2.45, 2.75) is 31.7 Å². The van der Waals surface area contributed by atoms with E-state index in [1.807, 2.05) is 35.2 Å². The lowest BCUT2D eigenvalue weighted by Crippen LogP contribution is -2.51. The Hall–Kier alpha value is -2.82. The van der Waals surface area contributed by atoms with Gasteiger partial charge in [-0.05, 0) is 47.6 Å². The van der Waals surface area contributed by atoms with Crippen molar-refractivity contribution in [3.8, 4) is 5.75 Å². The van der Waals surface area contributed by atoms with Crippen molar-refractivity contribution in [2.24, 2.45) is 0 Å². The van der Waals surface area contributed by atoms with Gasteiger partial charge in [0, 0.05) is 26.1 Å². The Balaban J connectivity index is 1.32. The van der Waals surface area contributed by atoms with E-state index >= 15 is 0 Å². The molecular formula is C23H26N2O3. The molecule has 2 aromatic rings. The van der Waals surface area contributed by atoms with Crippen molar-refractivity contribution in [3.05, 3.63) is 65.2 Å². The van der Waals surface area contributed by atoms with Crippen LogP contribution in [-0.4, -0.2) is 48.4 Å². The van der Waals surface area contributed by atoms with Crippen LogP contribution in [0, 0.1) is 0 Å². The third kappa shape index (κ3) is 3.88. The van der Waals surface area contributed by atoms with Crippen molar-refractivity contribution < 1.29 is 14.3 Å². The maximum atomic E-state index is 12.8. The lowest BCUT2D eigenvalue weighted by Gasteiger charge is -2.35. The third-order valence-corrected chi connectivity index (χ3v) is 5.88. The molecular weight excluding hydrogens is 352 g/mol. The van der Waals surface area contributed by atoms with E-state index in [-0.39, 0.29) is 24.3 Å². The third-order valence-electron chi connectivity index (χ3n) is 5.88. The summed E-state index contributed by atoms with van der Waals surface area (Å²) in [6, 6.07) is 16.1. The van der Waals surface area contributed by atoms with Crippen molar-refractivity contribution in [1.82, 2.24) is 9.80 Å². The highest BCUT2D eigenvalue weighted by Crippen LogP contribution is 2.35. The van der Waals surface area contributed by atoms with Gasteiger partial charge in [-0.15, -0.1) is 0 Å². The molecule has 0 bridgehead atoms. The molecule has 4 rings (SSSR count). The number of benzene rings is 2. The highest BCUT2D eigenvalue weighted by Gasteiger charge is 2.30. The van der Waals surface area contributed by atoms with Crippen LogP contribution in [-0.2, 0) is 22.6 Å². The number of methoxy groups -OCH3 is 1.